The van der Waals surface area contributed by atoms with E-state index in [1.54, 1.807) is 19.1 Å². The lowest BCUT2D eigenvalue weighted by Crippen LogP contribution is -2.59. The molecule has 12 nitrogen and oxygen atoms in total. The summed E-state index contributed by atoms with van der Waals surface area (Å²) < 4.78 is 40.8. The van der Waals surface area contributed by atoms with Crippen molar-refractivity contribution in [3.63, 3.8) is 0 Å². The Labute approximate surface area is 182 Å². The van der Waals surface area contributed by atoms with E-state index in [2.05, 4.69) is 15.7 Å². The molecule has 1 atom stereocenters. The summed E-state index contributed by atoms with van der Waals surface area (Å²) in [6.45, 7) is 1.41. The molecule has 2 aromatic rings. The molecule has 1 aromatic heterocycles. The molecule has 0 radical (unpaired) electrons. The molecule has 32 heavy (non-hydrogen) atoms. The standard InChI is InChI=1S/C19H20N4O8S/c1-11-14(30-18(25)29-11)10-28-22-19-9-8-15(24)31-17(19)21-20-16(19)12-4-6-13(7-5-12)32(26,27)23(2)3/h4-7,22H,8-10H2,1-3H3. The van der Waals surface area contributed by atoms with Gasteiger partial charge in [0.05, 0.1) is 4.90 Å². The van der Waals surface area contributed by atoms with Gasteiger partial charge in [-0.2, -0.15) is 5.48 Å². The minimum Gasteiger partial charge on any atom is -0.407 e. The molecule has 2 aliphatic rings. The first-order chi connectivity index (χ1) is 15.1. The van der Waals surface area contributed by atoms with Crippen molar-refractivity contribution in [3.05, 3.63) is 52.0 Å². The van der Waals surface area contributed by atoms with Crippen molar-refractivity contribution in [2.75, 3.05) is 14.1 Å². The Kier molecular flexibility index (Phi) is 5.58. The maximum atomic E-state index is 12.3. The van der Waals surface area contributed by atoms with Crippen molar-refractivity contribution in [1.29, 1.82) is 0 Å². The first-order valence-corrected chi connectivity index (χ1v) is 11.0. The van der Waals surface area contributed by atoms with Crippen LogP contribution in [0.2, 0.25) is 0 Å². The summed E-state index contributed by atoms with van der Waals surface area (Å²) in [7, 11) is -0.709. The van der Waals surface area contributed by atoms with Gasteiger partial charge < -0.3 is 13.6 Å². The average molecular weight is 464 g/mol. The number of hydroxylamine groups is 1. The van der Waals surface area contributed by atoms with Gasteiger partial charge in [-0.1, -0.05) is 12.1 Å². The first-order valence-electron chi connectivity index (χ1n) is 9.52. The van der Waals surface area contributed by atoms with E-state index in [1.807, 2.05) is 0 Å². The second-order valence-electron chi connectivity index (χ2n) is 7.37. The van der Waals surface area contributed by atoms with E-state index in [0.29, 0.717) is 11.3 Å². The van der Waals surface area contributed by atoms with Crippen LogP contribution in [0.5, 0.6) is 0 Å². The highest BCUT2D eigenvalue weighted by atomic mass is 32.2. The lowest BCUT2D eigenvalue weighted by molar-refractivity contribution is -0.139. The quantitative estimate of drug-likeness (QED) is 0.461. The third kappa shape index (κ3) is 3.79. The minimum atomic E-state index is -3.60. The smallest absolute Gasteiger partial charge is 0.407 e. The van der Waals surface area contributed by atoms with E-state index < -0.39 is 27.4 Å². The number of rotatable bonds is 7. The third-order valence-electron chi connectivity index (χ3n) is 5.12. The summed E-state index contributed by atoms with van der Waals surface area (Å²) >= 11 is 0. The number of aryl methyl sites for hydroxylation is 1. The molecule has 13 heteroatoms. The van der Waals surface area contributed by atoms with Crippen molar-refractivity contribution < 1.29 is 31.6 Å². The zero-order chi connectivity index (χ0) is 23.1. The molecule has 1 N–H and O–H groups in total. The minimum absolute atomic E-state index is 0.0131. The Hall–Kier alpha value is -3.13. The van der Waals surface area contributed by atoms with Crippen LogP contribution in [-0.4, -0.2) is 49.9 Å². The van der Waals surface area contributed by atoms with Crippen molar-refractivity contribution in [2.24, 2.45) is 10.2 Å². The summed E-state index contributed by atoms with van der Waals surface area (Å²) in [4.78, 5) is 28.7. The fourth-order valence-electron chi connectivity index (χ4n) is 3.32. The van der Waals surface area contributed by atoms with E-state index in [4.69, 9.17) is 18.4 Å². The predicted molar refractivity (Wildman–Crippen MR) is 109 cm³/mol. The van der Waals surface area contributed by atoms with E-state index in [1.165, 1.54) is 26.2 Å². The number of esters is 1. The molecule has 1 fully saturated rings. The Bertz CT molecular complexity index is 1270. The highest BCUT2D eigenvalue weighted by molar-refractivity contribution is 7.89. The van der Waals surface area contributed by atoms with Crippen LogP contribution in [0, 0.1) is 6.92 Å². The topological polar surface area (TPSA) is 153 Å². The molecule has 4 rings (SSSR count). The van der Waals surface area contributed by atoms with Crippen molar-refractivity contribution in [1.82, 2.24) is 9.79 Å². The van der Waals surface area contributed by atoms with Gasteiger partial charge in [-0.15, -0.1) is 10.2 Å². The molecule has 0 aliphatic carbocycles. The lowest BCUT2D eigenvalue weighted by atomic mass is 9.84. The molecule has 0 bridgehead atoms. The fourth-order valence-corrected chi connectivity index (χ4v) is 4.22. The van der Waals surface area contributed by atoms with Crippen LogP contribution in [0.3, 0.4) is 0 Å². The number of benzene rings is 1. The van der Waals surface area contributed by atoms with Gasteiger partial charge in [0.25, 0.3) is 0 Å². The Balaban J connectivity index is 1.60. The largest absolute Gasteiger partial charge is 0.519 e. The summed E-state index contributed by atoms with van der Waals surface area (Å²) in [5.41, 5.74) is 2.60. The number of nitrogens with zero attached hydrogens (tertiary/aromatic N) is 3. The number of hydrogen-bond acceptors (Lipinski definition) is 11. The molecule has 3 heterocycles. The van der Waals surface area contributed by atoms with Gasteiger partial charge >= 0.3 is 11.8 Å². The monoisotopic (exact) mass is 464 g/mol. The first kappa shape index (κ1) is 22.1. The highest BCUT2D eigenvalue weighted by Crippen LogP contribution is 2.32. The summed E-state index contributed by atoms with van der Waals surface area (Å²) in [5.74, 6) is -0.819. The van der Waals surface area contributed by atoms with Crippen LogP contribution >= 0.6 is 0 Å². The fraction of sp³-hybridized carbons (Fsp3) is 0.368. The second-order valence-corrected chi connectivity index (χ2v) is 9.52. The number of sulfonamides is 1. The third-order valence-corrected chi connectivity index (χ3v) is 6.95. The molecule has 1 saturated heterocycles. The summed E-state index contributed by atoms with van der Waals surface area (Å²) in [5, 5.41) is 8.15. The maximum absolute atomic E-state index is 12.3. The molecule has 0 amide bonds. The van der Waals surface area contributed by atoms with Crippen molar-refractivity contribution in [2.45, 2.75) is 36.8 Å². The molecular weight excluding hydrogens is 444 g/mol. The number of carbonyl (C=O) groups is 1. The number of fused-ring (bicyclic) bond motifs is 1. The number of carbonyl (C=O) groups excluding carboxylic acids is 1. The highest BCUT2D eigenvalue weighted by Gasteiger charge is 2.51. The van der Waals surface area contributed by atoms with Crippen LogP contribution in [0.4, 0.5) is 0 Å². The lowest BCUT2D eigenvalue weighted by Gasteiger charge is -2.34. The van der Waals surface area contributed by atoms with E-state index in [9.17, 15) is 18.0 Å². The Morgan fingerprint density at radius 2 is 1.88 bits per heavy atom. The normalized spacial score (nSPS) is 20.7. The van der Waals surface area contributed by atoms with Crippen LogP contribution in [-0.2, 0) is 31.0 Å². The molecule has 1 unspecified atom stereocenters. The Morgan fingerprint density at radius 3 is 2.50 bits per heavy atom. The van der Waals surface area contributed by atoms with Gasteiger partial charge in [-0.3, -0.25) is 9.63 Å². The number of ether oxygens (including phenoxy) is 1. The van der Waals surface area contributed by atoms with E-state index in [0.717, 1.165) is 4.31 Å². The molecule has 170 valence electrons. The van der Waals surface area contributed by atoms with Gasteiger partial charge in [-0.05, 0) is 25.5 Å². The summed E-state index contributed by atoms with van der Waals surface area (Å²) in [6, 6.07) is 6.09. The number of nitrogens with one attached hydrogen (secondary N) is 1. The van der Waals surface area contributed by atoms with Gasteiger partial charge in [0.1, 0.15) is 18.1 Å². The number of hydrogen-bond donors (Lipinski definition) is 1. The van der Waals surface area contributed by atoms with E-state index in [-0.39, 0.29) is 41.8 Å². The van der Waals surface area contributed by atoms with Gasteiger partial charge in [0.2, 0.25) is 15.9 Å². The molecule has 0 spiro atoms. The molecule has 1 aromatic carbocycles. The average Bonchev–Trinajstić information content (AvgIpc) is 3.27. The van der Waals surface area contributed by atoms with Crippen LogP contribution in [0.15, 0.2) is 53.0 Å². The second kappa shape index (κ2) is 8.09. The van der Waals surface area contributed by atoms with Gasteiger partial charge in [-0.25, -0.2) is 17.5 Å². The van der Waals surface area contributed by atoms with Crippen molar-refractivity contribution in [3.8, 4) is 0 Å². The molecule has 2 aliphatic heterocycles. The Morgan fingerprint density at radius 1 is 1.16 bits per heavy atom. The van der Waals surface area contributed by atoms with Crippen LogP contribution in [0.25, 0.3) is 0 Å². The predicted octanol–water partition coefficient (Wildman–Crippen LogP) is 0.705. The zero-order valence-corrected chi connectivity index (χ0v) is 18.3. The molecular formula is C19H20N4O8S. The summed E-state index contributed by atoms with van der Waals surface area (Å²) in [6.07, 6.45) is 0.302. The van der Waals surface area contributed by atoms with Gasteiger partial charge in [0, 0.05) is 26.1 Å². The maximum Gasteiger partial charge on any atom is 0.519 e. The van der Waals surface area contributed by atoms with Gasteiger partial charge in [0.15, 0.2) is 11.3 Å². The zero-order valence-electron chi connectivity index (χ0n) is 17.4. The van der Waals surface area contributed by atoms with Crippen LogP contribution in [0.1, 0.15) is 29.9 Å². The van der Waals surface area contributed by atoms with Crippen LogP contribution < -0.4 is 11.3 Å². The van der Waals surface area contributed by atoms with E-state index >= 15 is 0 Å². The van der Waals surface area contributed by atoms with Crippen molar-refractivity contribution >= 4 is 27.6 Å². The molecule has 0 saturated carbocycles. The SMILES string of the molecule is Cc1oc(=O)oc1CONC12CCC(=O)OC1=NN=C2c1ccc(S(=O)(=O)N(C)C)cc1.